The van der Waals surface area contributed by atoms with E-state index in [-0.39, 0.29) is 0 Å². The number of nitrogens with one attached hydrogen (secondary N) is 1. The van der Waals surface area contributed by atoms with Crippen LogP contribution in [0.15, 0.2) is 12.2 Å². The molecule has 0 fully saturated rings. The molecule has 2 rings (SSSR count). The van der Waals surface area contributed by atoms with Crippen LogP contribution in [0.2, 0.25) is 0 Å². The molecule has 1 aromatic heterocycles. The highest BCUT2D eigenvalue weighted by atomic mass is 15.3. The van der Waals surface area contributed by atoms with Gasteiger partial charge in [0.1, 0.15) is 11.6 Å². The van der Waals surface area contributed by atoms with Crippen molar-refractivity contribution in [3.05, 3.63) is 23.8 Å². The topological polar surface area (TPSA) is 42.7 Å². The molecule has 4 nitrogen and oxygen atoms in total. The maximum atomic E-state index is 4.13. The molecule has 16 heavy (non-hydrogen) atoms. The third-order valence-corrected chi connectivity index (χ3v) is 3.28. The first kappa shape index (κ1) is 11.3. The van der Waals surface area contributed by atoms with Crippen LogP contribution >= 0.6 is 0 Å². The average Bonchev–Trinajstić information content (AvgIpc) is 2.62. The monoisotopic (exact) mass is 220 g/mol. The molecular formula is C12H20N4. The number of aromatic nitrogens is 3. The summed E-state index contributed by atoms with van der Waals surface area (Å²) < 4.78 is 2.04. The van der Waals surface area contributed by atoms with Gasteiger partial charge in [0.2, 0.25) is 0 Å². The molecule has 0 saturated carbocycles. The number of nitrogens with zero attached hydrogens (tertiary/aromatic N) is 3. The fourth-order valence-corrected chi connectivity index (χ4v) is 2.03. The Morgan fingerprint density at radius 1 is 1.44 bits per heavy atom. The Bertz CT molecular complexity index is 367. The summed E-state index contributed by atoms with van der Waals surface area (Å²) in [5.74, 6) is 2.78. The van der Waals surface area contributed by atoms with Crippen LogP contribution in [-0.4, -0.2) is 21.3 Å². The summed E-state index contributed by atoms with van der Waals surface area (Å²) in [5.41, 5.74) is 0. The highest BCUT2D eigenvalue weighted by molar-refractivity contribution is 4.93. The van der Waals surface area contributed by atoms with Crippen molar-refractivity contribution in [3.63, 3.8) is 0 Å². The van der Waals surface area contributed by atoms with E-state index >= 15 is 0 Å². The lowest BCUT2D eigenvalue weighted by Gasteiger charge is -2.17. The van der Waals surface area contributed by atoms with E-state index in [2.05, 4.69) is 27.7 Å². The molecule has 1 aromatic rings. The second-order valence-corrected chi connectivity index (χ2v) is 4.50. The van der Waals surface area contributed by atoms with E-state index in [1.165, 1.54) is 19.3 Å². The molecule has 0 spiro atoms. The van der Waals surface area contributed by atoms with Gasteiger partial charge in [0.15, 0.2) is 0 Å². The maximum absolute atomic E-state index is 4.13. The van der Waals surface area contributed by atoms with Crippen molar-refractivity contribution in [2.45, 2.75) is 32.7 Å². The first-order valence-electron chi connectivity index (χ1n) is 5.98. The smallest absolute Gasteiger partial charge is 0.146 e. The third-order valence-electron chi connectivity index (χ3n) is 3.28. The molecule has 0 aromatic carbocycles. The van der Waals surface area contributed by atoms with E-state index in [4.69, 9.17) is 0 Å². The summed E-state index contributed by atoms with van der Waals surface area (Å²) in [4.78, 5) is 0. The summed E-state index contributed by atoms with van der Waals surface area (Å²) >= 11 is 0. The van der Waals surface area contributed by atoms with E-state index in [0.717, 1.165) is 30.7 Å². The van der Waals surface area contributed by atoms with Crippen LogP contribution in [0.4, 0.5) is 0 Å². The molecule has 0 radical (unpaired) electrons. The van der Waals surface area contributed by atoms with Crippen LogP contribution in [-0.2, 0) is 13.6 Å². The zero-order valence-corrected chi connectivity index (χ0v) is 10.1. The normalized spacial score (nSPS) is 20.2. The van der Waals surface area contributed by atoms with Gasteiger partial charge in [-0.1, -0.05) is 12.2 Å². The Morgan fingerprint density at radius 3 is 2.94 bits per heavy atom. The van der Waals surface area contributed by atoms with Crippen LogP contribution in [0.3, 0.4) is 0 Å². The number of aryl methyl sites for hydroxylation is 1. The van der Waals surface area contributed by atoms with E-state index in [1.54, 1.807) is 0 Å². The summed E-state index contributed by atoms with van der Waals surface area (Å²) in [7, 11) is 2.01. The van der Waals surface area contributed by atoms with Gasteiger partial charge in [-0.15, -0.1) is 10.2 Å². The Labute approximate surface area is 96.8 Å². The lowest BCUT2D eigenvalue weighted by atomic mass is 9.94. The number of hydrogen-bond donors (Lipinski definition) is 1. The third kappa shape index (κ3) is 2.70. The first-order valence-corrected chi connectivity index (χ1v) is 5.98. The summed E-state index contributed by atoms with van der Waals surface area (Å²) in [5, 5.41) is 11.6. The van der Waals surface area contributed by atoms with Crippen molar-refractivity contribution in [3.8, 4) is 0 Å². The minimum Gasteiger partial charge on any atom is -0.317 e. The van der Waals surface area contributed by atoms with E-state index < -0.39 is 0 Å². The van der Waals surface area contributed by atoms with Crippen molar-refractivity contribution >= 4 is 0 Å². The van der Waals surface area contributed by atoms with Gasteiger partial charge >= 0.3 is 0 Å². The minimum atomic E-state index is 0.791. The van der Waals surface area contributed by atoms with E-state index in [0.29, 0.717) is 0 Å². The standard InChI is InChI=1S/C12H20N4/c1-10-14-15-12(16(10)2)9-13-8-11-6-4-3-5-7-11/h3-4,11,13H,5-9H2,1-2H3. The molecule has 1 unspecified atom stereocenters. The minimum absolute atomic E-state index is 0.791. The maximum Gasteiger partial charge on any atom is 0.146 e. The molecule has 1 aliphatic rings. The average molecular weight is 220 g/mol. The van der Waals surface area contributed by atoms with Crippen molar-refractivity contribution < 1.29 is 0 Å². The highest BCUT2D eigenvalue weighted by Gasteiger charge is 2.10. The molecular weight excluding hydrogens is 200 g/mol. The van der Waals surface area contributed by atoms with Gasteiger partial charge in [0, 0.05) is 7.05 Å². The molecule has 0 aliphatic heterocycles. The summed E-state index contributed by atoms with van der Waals surface area (Å²) in [6.07, 6.45) is 8.33. The molecule has 1 aliphatic carbocycles. The highest BCUT2D eigenvalue weighted by Crippen LogP contribution is 2.16. The zero-order valence-electron chi connectivity index (χ0n) is 10.1. The van der Waals surface area contributed by atoms with Crippen molar-refractivity contribution in [2.75, 3.05) is 6.54 Å². The molecule has 88 valence electrons. The van der Waals surface area contributed by atoms with Crippen molar-refractivity contribution in [2.24, 2.45) is 13.0 Å². The summed E-state index contributed by atoms with van der Waals surface area (Å²) in [6, 6.07) is 0. The zero-order chi connectivity index (χ0) is 11.4. The lowest BCUT2D eigenvalue weighted by Crippen LogP contribution is -2.24. The Balaban J connectivity index is 1.75. The Morgan fingerprint density at radius 2 is 2.31 bits per heavy atom. The summed E-state index contributed by atoms with van der Waals surface area (Å²) in [6.45, 7) is 3.87. The van der Waals surface area contributed by atoms with Gasteiger partial charge in [-0.2, -0.15) is 0 Å². The fraction of sp³-hybridized carbons (Fsp3) is 0.667. The molecule has 1 N–H and O–H groups in total. The second kappa shape index (κ2) is 5.25. The molecule has 1 atom stereocenters. The van der Waals surface area contributed by atoms with Gasteiger partial charge in [0.05, 0.1) is 6.54 Å². The second-order valence-electron chi connectivity index (χ2n) is 4.50. The van der Waals surface area contributed by atoms with Gasteiger partial charge in [-0.3, -0.25) is 0 Å². The van der Waals surface area contributed by atoms with Crippen molar-refractivity contribution in [1.82, 2.24) is 20.1 Å². The molecule has 4 heteroatoms. The lowest BCUT2D eigenvalue weighted by molar-refractivity contribution is 0.435. The van der Waals surface area contributed by atoms with Crippen LogP contribution in [0.25, 0.3) is 0 Å². The quantitative estimate of drug-likeness (QED) is 0.783. The largest absolute Gasteiger partial charge is 0.317 e. The van der Waals surface area contributed by atoms with Crippen LogP contribution in [0.5, 0.6) is 0 Å². The number of rotatable bonds is 4. The first-order chi connectivity index (χ1) is 7.77. The van der Waals surface area contributed by atoms with E-state index in [9.17, 15) is 0 Å². The van der Waals surface area contributed by atoms with Gasteiger partial charge < -0.3 is 9.88 Å². The molecule has 1 heterocycles. The molecule has 0 amide bonds. The SMILES string of the molecule is Cc1nnc(CNCC2CC=CCC2)n1C. The van der Waals surface area contributed by atoms with Gasteiger partial charge in [-0.05, 0) is 38.6 Å². The van der Waals surface area contributed by atoms with E-state index in [1.807, 2.05) is 18.5 Å². The van der Waals surface area contributed by atoms with Crippen LogP contribution in [0, 0.1) is 12.8 Å². The number of hydrogen-bond acceptors (Lipinski definition) is 3. The van der Waals surface area contributed by atoms with Crippen LogP contribution in [0.1, 0.15) is 30.9 Å². The molecule has 0 bridgehead atoms. The predicted octanol–water partition coefficient (Wildman–Crippen LogP) is 1.57. The Kier molecular flexibility index (Phi) is 3.72. The van der Waals surface area contributed by atoms with Crippen molar-refractivity contribution in [1.29, 1.82) is 0 Å². The fourth-order valence-electron chi connectivity index (χ4n) is 2.03. The van der Waals surface area contributed by atoms with Crippen LogP contribution < -0.4 is 5.32 Å². The molecule has 0 saturated heterocycles. The predicted molar refractivity (Wildman–Crippen MR) is 63.9 cm³/mol. The van der Waals surface area contributed by atoms with Gasteiger partial charge in [0.25, 0.3) is 0 Å². The van der Waals surface area contributed by atoms with Gasteiger partial charge in [-0.25, -0.2) is 0 Å². The Hall–Kier alpha value is -1.16. The number of allylic oxidation sites excluding steroid dienone is 2.